The van der Waals surface area contributed by atoms with E-state index in [1.165, 1.54) is 11.6 Å². The highest BCUT2D eigenvalue weighted by atomic mass is 16.2. The number of benzene rings is 1. The molecule has 0 spiro atoms. The maximum atomic E-state index is 12.7. The van der Waals surface area contributed by atoms with Crippen LogP contribution in [0.15, 0.2) is 59.5 Å². The molecule has 0 aliphatic heterocycles. The Morgan fingerprint density at radius 1 is 1.10 bits per heavy atom. The van der Waals surface area contributed by atoms with E-state index in [0.29, 0.717) is 22.5 Å². The van der Waals surface area contributed by atoms with Crippen molar-refractivity contribution in [3.8, 4) is 0 Å². The highest BCUT2D eigenvalue weighted by Gasteiger charge is 2.15. The number of carbonyl (C=O) groups is 1. The molecule has 0 aliphatic carbocycles. The van der Waals surface area contributed by atoms with E-state index >= 15 is 0 Å². The Labute approximate surface area is 167 Å². The fourth-order valence-corrected chi connectivity index (χ4v) is 3.40. The van der Waals surface area contributed by atoms with Gasteiger partial charge in [0.1, 0.15) is 17.2 Å². The summed E-state index contributed by atoms with van der Waals surface area (Å²) in [5.74, 6) is 0.0262. The van der Waals surface area contributed by atoms with Gasteiger partial charge < -0.3 is 10.3 Å². The van der Waals surface area contributed by atoms with E-state index in [-0.39, 0.29) is 11.1 Å². The number of fused-ring (bicyclic) bond motifs is 1. The van der Waals surface area contributed by atoms with Gasteiger partial charge in [-0.2, -0.15) is 5.10 Å². The fourth-order valence-electron chi connectivity index (χ4n) is 3.40. The summed E-state index contributed by atoms with van der Waals surface area (Å²) >= 11 is 0. The second-order valence-corrected chi connectivity index (χ2v) is 6.97. The number of hydrogen-bond acceptors (Lipinski definition) is 4. The number of nitrogens with one attached hydrogen (secondary N) is 2. The molecule has 0 atom stereocenters. The first-order valence-electron chi connectivity index (χ1n) is 9.38. The van der Waals surface area contributed by atoms with Crippen LogP contribution in [-0.2, 0) is 19.9 Å². The molecule has 0 fully saturated rings. The standard InChI is InChI=1S/C22H21N5O2/c1-14-20-18(28)13-17(24-21(20)27(2)26-14)22(29)25-19-12-16(10-11-23-19)9-8-15-6-4-3-5-7-15/h3-7,10-13H,8-9H2,1-2H3,(H,24,28)(H,23,25,29). The molecule has 1 aromatic carbocycles. The van der Waals surface area contributed by atoms with Gasteiger partial charge in [0, 0.05) is 19.3 Å². The molecule has 0 bridgehead atoms. The summed E-state index contributed by atoms with van der Waals surface area (Å²) in [6, 6.07) is 15.3. The Kier molecular flexibility index (Phi) is 4.95. The molecule has 1 amide bonds. The molecular formula is C22H21N5O2. The van der Waals surface area contributed by atoms with E-state index in [4.69, 9.17) is 0 Å². The van der Waals surface area contributed by atoms with E-state index in [9.17, 15) is 9.59 Å². The van der Waals surface area contributed by atoms with Crippen molar-refractivity contribution in [1.29, 1.82) is 0 Å². The summed E-state index contributed by atoms with van der Waals surface area (Å²) in [6.45, 7) is 1.77. The maximum Gasteiger partial charge on any atom is 0.273 e. The predicted molar refractivity (Wildman–Crippen MR) is 112 cm³/mol. The van der Waals surface area contributed by atoms with Crippen molar-refractivity contribution in [3.05, 3.63) is 87.5 Å². The SMILES string of the molecule is Cc1nn(C)c2[nH]c(C(=O)Nc3cc(CCc4ccccc4)ccn3)cc(=O)c12. The van der Waals surface area contributed by atoms with Crippen LogP contribution in [0, 0.1) is 6.92 Å². The Hall–Kier alpha value is -3.74. The summed E-state index contributed by atoms with van der Waals surface area (Å²) in [7, 11) is 1.73. The average Bonchev–Trinajstić information content (AvgIpc) is 3.01. The smallest absolute Gasteiger partial charge is 0.273 e. The largest absolute Gasteiger partial charge is 0.335 e. The number of rotatable bonds is 5. The molecule has 0 saturated carbocycles. The van der Waals surface area contributed by atoms with Crippen molar-refractivity contribution in [2.75, 3.05) is 5.32 Å². The summed E-state index contributed by atoms with van der Waals surface area (Å²) in [6.07, 6.45) is 3.42. The molecule has 4 rings (SSSR count). The first-order chi connectivity index (χ1) is 14.0. The van der Waals surface area contributed by atoms with Crippen molar-refractivity contribution < 1.29 is 4.79 Å². The summed E-state index contributed by atoms with van der Waals surface area (Å²) in [4.78, 5) is 32.3. The van der Waals surface area contributed by atoms with Crippen LogP contribution >= 0.6 is 0 Å². The third-order valence-corrected chi connectivity index (χ3v) is 4.85. The highest BCUT2D eigenvalue weighted by molar-refractivity contribution is 6.03. The monoisotopic (exact) mass is 387 g/mol. The van der Waals surface area contributed by atoms with Crippen LogP contribution in [0.2, 0.25) is 0 Å². The second-order valence-electron chi connectivity index (χ2n) is 6.97. The van der Waals surface area contributed by atoms with Gasteiger partial charge in [-0.05, 0) is 43.0 Å². The third kappa shape index (κ3) is 3.94. The van der Waals surface area contributed by atoms with Gasteiger partial charge in [0.25, 0.3) is 5.91 Å². The zero-order valence-electron chi connectivity index (χ0n) is 16.3. The van der Waals surface area contributed by atoms with Gasteiger partial charge in [-0.25, -0.2) is 4.98 Å². The molecule has 3 aromatic heterocycles. The predicted octanol–water partition coefficient (Wildman–Crippen LogP) is 3.00. The number of anilines is 1. The molecule has 0 radical (unpaired) electrons. The van der Waals surface area contributed by atoms with Crippen LogP contribution in [0.5, 0.6) is 0 Å². The Morgan fingerprint density at radius 2 is 1.86 bits per heavy atom. The zero-order chi connectivity index (χ0) is 20.4. The van der Waals surface area contributed by atoms with Gasteiger partial charge in [0.05, 0.1) is 11.1 Å². The first-order valence-corrected chi connectivity index (χ1v) is 9.38. The van der Waals surface area contributed by atoms with Crippen LogP contribution < -0.4 is 10.7 Å². The minimum atomic E-state index is -0.421. The van der Waals surface area contributed by atoms with E-state index < -0.39 is 5.91 Å². The summed E-state index contributed by atoms with van der Waals surface area (Å²) in [5, 5.41) is 7.49. The van der Waals surface area contributed by atoms with E-state index in [2.05, 4.69) is 32.5 Å². The number of pyridine rings is 2. The topological polar surface area (TPSA) is 92.7 Å². The maximum absolute atomic E-state index is 12.7. The molecule has 7 heteroatoms. The number of aryl methyl sites for hydroxylation is 4. The number of aromatic amines is 1. The Morgan fingerprint density at radius 3 is 2.66 bits per heavy atom. The molecule has 29 heavy (non-hydrogen) atoms. The van der Waals surface area contributed by atoms with E-state index in [1.54, 1.807) is 24.9 Å². The molecule has 2 N–H and O–H groups in total. The number of nitrogens with zero attached hydrogens (tertiary/aromatic N) is 3. The molecule has 0 saturated heterocycles. The average molecular weight is 387 g/mol. The quantitative estimate of drug-likeness (QED) is 0.551. The first kappa shape index (κ1) is 18.6. The minimum Gasteiger partial charge on any atom is -0.335 e. The number of aromatic nitrogens is 4. The lowest BCUT2D eigenvalue weighted by atomic mass is 10.1. The van der Waals surface area contributed by atoms with Crippen LogP contribution in [0.25, 0.3) is 11.0 Å². The van der Waals surface area contributed by atoms with Crippen molar-refractivity contribution in [3.63, 3.8) is 0 Å². The molecule has 4 aromatic rings. The Balaban J connectivity index is 1.52. The third-order valence-electron chi connectivity index (χ3n) is 4.85. The highest BCUT2D eigenvalue weighted by Crippen LogP contribution is 2.14. The van der Waals surface area contributed by atoms with E-state index in [1.807, 2.05) is 30.3 Å². The summed E-state index contributed by atoms with van der Waals surface area (Å²) < 4.78 is 1.56. The number of H-pyrrole nitrogens is 1. The molecule has 146 valence electrons. The van der Waals surface area contributed by atoms with Crippen molar-refractivity contribution in [2.24, 2.45) is 7.05 Å². The number of amides is 1. The normalized spacial score (nSPS) is 11.0. The Bertz CT molecular complexity index is 1240. The second kappa shape index (κ2) is 7.71. The number of carbonyl (C=O) groups excluding carboxylic acids is 1. The molecule has 0 aliphatic rings. The van der Waals surface area contributed by atoms with Crippen molar-refractivity contribution >= 4 is 22.8 Å². The lowest BCUT2D eigenvalue weighted by Gasteiger charge is -2.07. The van der Waals surface area contributed by atoms with Gasteiger partial charge >= 0.3 is 0 Å². The molecule has 7 nitrogen and oxygen atoms in total. The van der Waals surface area contributed by atoms with Gasteiger partial charge in [-0.15, -0.1) is 0 Å². The van der Waals surface area contributed by atoms with Gasteiger partial charge in [-0.3, -0.25) is 14.3 Å². The van der Waals surface area contributed by atoms with Crippen LogP contribution in [0.1, 0.15) is 27.3 Å². The van der Waals surface area contributed by atoms with Crippen LogP contribution in [0.4, 0.5) is 5.82 Å². The van der Waals surface area contributed by atoms with Crippen molar-refractivity contribution in [2.45, 2.75) is 19.8 Å². The van der Waals surface area contributed by atoms with E-state index in [0.717, 1.165) is 18.4 Å². The molecule has 3 heterocycles. The molecule has 0 unspecified atom stereocenters. The van der Waals surface area contributed by atoms with Crippen molar-refractivity contribution in [1.82, 2.24) is 19.7 Å². The van der Waals surface area contributed by atoms with Crippen LogP contribution in [-0.4, -0.2) is 25.7 Å². The van der Waals surface area contributed by atoms with Gasteiger partial charge in [0.2, 0.25) is 0 Å². The van der Waals surface area contributed by atoms with Crippen LogP contribution in [0.3, 0.4) is 0 Å². The lowest BCUT2D eigenvalue weighted by Crippen LogP contribution is -2.18. The number of hydrogen-bond donors (Lipinski definition) is 2. The zero-order valence-corrected chi connectivity index (χ0v) is 16.3. The molecular weight excluding hydrogens is 366 g/mol. The lowest BCUT2D eigenvalue weighted by molar-refractivity contribution is 0.102. The van der Waals surface area contributed by atoms with Gasteiger partial charge in [-0.1, -0.05) is 30.3 Å². The minimum absolute atomic E-state index is 0.169. The summed E-state index contributed by atoms with van der Waals surface area (Å²) in [5.41, 5.74) is 3.41. The fraction of sp³-hybridized carbons (Fsp3) is 0.182. The van der Waals surface area contributed by atoms with Gasteiger partial charge in [0.15, 0.2) is 5.43 Å².